The van der Waals surface area contributed by atoms with Gasteiger partial charge in [0.2, 0.25) is 17.7 Å². The molecule has 2 aromatic heterocycles. The summed E-state index contributed by atoms with van der Waals surface area (Å²) in [7, 11) is 0. The van der Waals surface area contributed by atoms with E-state index in [0.717, 1.165) is 121 Å². The molecule has 3 fully saturated rings. The zero-order valence-corrected chi connectivity index (χ0v) is 40.8. The summed E-state index contributed by atoms with van der Waals surface area (Å²) in [6.45, 7) is 4.41. The highest BCUT2D eigenvalue weighted by molar-refractivity contribution is 7.59. The molecule has 0 spiro atoms. The van der Waals surface area contributed by atoms with Crippen LogP contribution in [0.4, 0.5) is 20.2 Å². The molecule has 5 aromatic rings. The summed E-state index contributed by atoms with van der Waals surface area (Å²) in [5.74, 6) is -2.18. The van der Waals surface area contributed by atoms with Crippen molar-refractivity contribution in [3.05, 3.63) is 94.6 Å². The van der Waals surface area contributed by atoms with Gasteiger partial charge in [0.1, 0.15) is 23.4 Å². The van der Waals surface area contributed by atoms with Gasteiger partial charge in [-0.05, 0) is 120 Å². The van der Waals surface area contributed by atoms with Gasteiger partial charge in [-0.3, -0.25) is 39.0 Å². The van der Waals surface area contributed by atoms with Crippen LogP contribution in [0, 0.1) is 31.4 Å². The summed E-state index contributed by atoms with van der Waals surface area (Å²) in [6.07, 6.45) is 13.2. The smallest absolute Gasteiger partial charge is 0.264 e. The SMILES string of the molecule is Cc1noc(C)c1-c1ccc2c(c1)nc([C@@H]1CCCC(=O)N1c1ccc(F)c(F)c1)n2C1CCC(CC(=O)CCCCCCCCCNc2cccc3c2C(=O)N(C2CCC(=O)NC2=O)C3=O)CC1.S. The summed E-state index contributed by atoms with van der Waals surface area (Å²) in [5, 5.41) is 9.69. The number of amides is 5. The van der Waals surface area contributed by atoms with E-state index in [4.69, 9.17) is 9.51 Å². The summed E-state index contributed by atoms with van der Waals surface area (Å²) in [5.41, 5.74) is 5.72. The van der Waals surface area contributed by atoms with E-state index in [1.165, 1.54) is 6.07 Å². The van der Waals surface area contributed by atoms with E-state index >= 15 is 0 Å². The number of carbonyl (C=O) groups excluding carboxylic acids is 6. The van der Waals surface area contributed by atoms with Crippen molar-refractivity contribution in [2.45, 2.75) is 148 Å². The first-order valence-electron chi connectivity index (χ1n) is 24.7. The lowest BCUT2D eigenvalue weighted by Crippen LogP contribution is -2.54. The quantitative estimate of drug-likeness (QED) is 0.0635. The number of unbranched alkanes of at least 4 members (excludes halogenated alkanes) is 6. The number of carbonyl (C=O) groups is 6. The highest BCUT2D eigenvalue weighted by Crippen LogP contribution is 2.43. The number of rotatable bonds is 18. The van der Waals surface area contributed by atoms with E-state index in [-0.39, 0.29) is 49.4 Å². The molecule has 5 amide bonds. The van der Waals surface area contributed by atoms with Crippen molar-refractivity contribution in [3.63, 3.8) is 0 Å². The molecule has 1 aliphatic carbocycles. The minimum absolute atomic E-state index is 0. The first-order valence-corrected chi connectivity index (χ1v) is 24.7. The third-order valence-corrected chi connectivity index (χ3v) is 14.6. The number of hydrogen-bond donors (Lipinski definition) is 2. The van der Waals surface area contributed by atoms with Crippen molar-refractivity contribution >= 4 is 71.2 Å². The number of hydrogen-bond acceptors (Lipinski definition) is 10. The van der Waals surface area contributed by atoms with Crippen LogP contribution in [-0.2, 0) is 19.2 Å². The third-order valence-electron chi connectivity index (χ3n) is 14.6. The first kappa shape index (κ1) is 50.2. The number of fused-ring (bicyclic) bond motifs is 2. The van der Waals surface area contributed by atoms with Gasteiger partial charge in [0, 0.05) is 61.3 Å². The summed E-state index contributed by atoms with van der Waals surface area (Å²) in [6, 6.07) is 13.4. The molecular formula is C53H61F2N7O7S. The Morgan fingerprint density at radius 1 is 0.786 bits per heavy atom. The predicted octanol–water partition coefficient (Wildman–Crippen LogP) is 10.3. The number of halogens is 2. The zero-order chi connectivity index (χ0) is 48.3. The maximum absolute atomic E-state index is 14.6. The Hall–Kier alpha value is -6.23. The number of nitrogens with one attached hydrogen (secondary N) is 2. The second kappa shape index (κ2) is 21.8. The van der Waals surface area contributed by atoms with E-state index in [1.54, 1.807) is 23.1 Å². The molecule has 17 heteroatoms. The van der Waals surface area contributed by atoms with E-state index in [9.17, 15) is 37.5 Å². The molecule has 3 aromatic carbocycles. The lowest BCUT2D eigenvalue weighted by atomic mass is 9.82. The number of Topliss-reactive ketones (excluding diaryl/α,β-unsaturated/α-hetero) is 1. The third kappa shape index (κ3) is 10.3. The summed E-state index contributed by atoms with van der Waals surface area (Å²) < 4.78 is 36.4. The van der Waals surface area contributed by atoms with Gasteiger partial charge in [-0.25, -0.2) is 13.8 Å². The Morgan fingerprint density at radius 2 is 1.54 bits per heavy atom. The van der Waals surface area contributed by atoms with Crippen LogP contribution in [0.25, 0.3) is 22.2 Å². The molecule has 0 bridgehead atoms. The van der Waals surface area contributed by atoms with Crippen molar-refractivity contribution in [3.8, 4) is 11.1 Å². The van der Waals surface area contributed by atoms with Crippen molar-refractivity contribution in [1.82, 2.24) is 24.9 Å². The molecule has 0 radical (unpaired) electrons. The molecule has 3 aliphatic heterocycles. The number of piperidine rings is 2. The Balaban J connectivity index is 0.00000659. The van der Waals surface area contributed by atoms with Crippen molar-refractivity contribution < 1.29 is 42.1 Å². The normalized spacial score (nSPS) is 20.5. The number of nitrogens with zero attached hydrogens (tertiary/aromatic N) is 5. The Bertz CT molecular complexity index is 2800. The highest BCUT2D eigenvalue weighted by atomic mass is 32.1. The van der Waals surface area contributed by atoms with Crippen LogP contribution in [0.5, 0.6) is 0 Å². The summed E-state index contributed by atoms with van der Waals surface area (Å²) >= 11 is 0. The number of aromatic nitrogens is 3. The number of anilines is 2. The molecule has 9 rings (SSSR count). The fourth-order valence-electron chi connectivity index (χ4n) is 11.1. The average Bonchev–Trinajstić information content (AvgIpc) is 3.97. The van der Waals surface area contributed by atoms with Crippen LogP contribution < -0.4 is 15.5 Å². The van der Waals surface area contributed by atoms with Gasteiger partial charge in [0.05, 0.1) is 33.9 Å². The molecule has 2 atom stereocenters. The zero-order valence-electron chi connectivity index (χ0n) is 39.8. The number of ketones is 1. The maximum Gasteiger partial charge on any atom is 0.264 e. The fraction of sp³-hybridized carbons (Fsp3) is 0.472. The van der Waals surface area contributed by atoms with Crippen molar-refractivity contribution in [2.75, 3.05) is 16.8 Å². The highest BCUT2D eigenvalue weighted by Gasteiger charge is 2.46. The number of benzene rings is 3. The minimum atomic E-state index is -1.01. The van der Waals surface area contributed by atoms with E-state index in [0.29, 0.717) is 67.5 Å². The van der Waals surface area contributed by atoms with Gasteiger partial charge in [0.25, 0.3) is 11.8 Å². The predicted molar refractivity (Wildman–Crippen MR) is 265 cm³/mol. The number of imidazole rings is 1. The van der Waals surface area contributed by atoms with Crippen LogP contribution in [0.15, 0.2) is 59.1 Å². The largest absolute Gasteiger partial charge is 0.384 e. The molecule has 1 unspecified atom stereocenters. The fourth-order valence-corrected chi connectivity index (χ4v) is 11.1. The van der Waals surface area contributed by atoms with Gasteiger partial charge in [-0.2, -0.15) is 13.5 Å². The average molecular weight is 978 g/mol. The topological polar surface area (TPSA) is 177 Å². The van der Waals surface area contributed by atoms with Gasteiger partial charge < -0.3 is 19.3 Å². The van der Waals surface area contributed by atoms with Crippen molar-refractivity contribution in [1.29, 1.82) is 0 Å². The van der Waals surface area contributed by atoms with Crippen LogP contribution in [0.3, 0.4) is 0 Å². The summed E-state index contributed by atoms with van der Waals surface area (Å²) in [4.78, 5) is 85.2. The molecular weight excluding hydrogens is 917 g/mol. The van der Waals surface area contributed by atoms with Gasteiger partial charge >= 0.3 is 0 Å². The maximum atomic E-state index is 14.6. The second-order valence-electron chi connectivity index (χ2n) is 19.3. The van der Waals surface area contributed by atoms with Crippen LogP contribution in [0.1, 0.15) is 166 Å². The van der Waals surface area contributed by atoms with Crippen LogP contribution >= 0.6 is 13.5 Å². The van der Waals surface area contributed by atoms with Crippen LogP contribution in [-0.4, -0.2) is 67.5 Å². The number of imide groups is 2. The molecule has 2 saturated heterocycles. The van der Waals surface area contributed by atoms with Gasteiger partial charge in [0.15, 0.2) is 11.6 Å². The standard InChI is InChI=1S/C53H59F2N7O7.H2S/c1-31-48(32(2)69-59-31)34-19-24-43-42(29-34)57-50(44-15-11-16-47(65)60(44)36-22-23-39(54)40(55)30-36)61(43)35-20-17-33(18-21-35)28-37(63)12-8-6-4-3-5-7-9-27-56-41-14-10-13-38-49(41)53(68)62(52(38)67)45-25-26-46(64)58-51(45)66;/h10,13-14,19,22-24,29-30,33,35,44-45,56H,3-9,11-12,15-18,20-21,25-28H2,1-2H3,(H,58,64,66);1H2/t33?,35?,44-,45?;/m0./s1. The van der Waals surface area contributed by atoms with Gasteiger partial charge in [-0.15, -0.1) is 0 Å². The van der Waals surface area contributed by atoms with E-state index in [1.807, 2.05) is 19.9 Å². The molecule has 370 valence electrons. The molecule has 1 saturated carbocycles. The molecule has 2 N–H and O–H groups in total. The molecule has 5 heterocycles. The van der Waals surface area contributed by atoms with Crippen molar-refractivity contribution in [2.24, 2.45) is 5.92 Å². The second-order valence-corrected chi connectivity index (χ2v) is 19.3. The molecule has 4 aliphatic rings. The number of aryl methyl sites for hydroxylation is 2. The Kier molecular flexibility index (Phi) is 15.6. The Morgan fingerprint density at radius 3 is 2.27 bits per heavy atom. The molecule has 14 nitrogen and oxygen atoms in total. The lowest BCUT2D eigenvalue weighted by Gasteiger charge is -2.37. The monoisotopic (exact) mass is 977 g/mol. The molecule has 70 heavy (non-hydrogen) atoms. The van der Waals surface area contributed by atoms with E-state index in [2.05, 4.69) is 32.5 Å². The van der Waals surface area contributed by atoms with Crippen LogP contribution in [0.2, 0.25) is 0 Å². The van der Waals surface area contributed by atoms with E-state index < -0.39 is 47.3 Å². The first-order chi connectivity index (χ1) is 33.4. The lowest BCUT2D eigenvalue weighted by molar-refractivity contribution is -0.136. The van der Waals surface area contributed by atoms with Gasteiger partial charge in [-0.1, -0.05) is 49.4 Å². The Labute approximate surface area is 412 Å². The minimum Gasteiger partial charge on any atom is -0.384 e.